The van der Waals surface area contributed by atoms with Gasteiger partial charge in [-0.25, -0.2) is 13.1 Å². The zero-order chi connectivity index (χ0) is 25.2. The molecule has 1 heterocycles. The van der Waals surface area contributed by atoms with Gasteiger partial charge < -0.3 is 5.32 Å². The Bertz CT molecular complexity index is 1520. The summed E-state index contributed by atoms with van der Waals surface area (Å²) < 4.78 is 31.8. The zero-order valence-electron chi connectivity index (χ0n) is 19.6. The Morgan fingerprint density at radius 1 is 0.914 bits per heavy atom. The number of nitrogens with one attached hydrogen (secondary N) is 2. The molecule has 4 aromatic rings. The Balaban J connectivity index is 1.61. The third-order valence-electron chi connectivity index (χ3n) is 5.84. The number of amides is 1. The summed E-state index contributed by atoms with van der Waals surface area (Å²) >= 11 is 0. The molecule has 35 heavy (non-hydrogen) atoms. The first-order valence-electron chi connectivity index (χ1n) is 11.0. The van der Waals surface area contributed by atoms with E-state index in [9.17, 15) is 18.0 Å². The van der Waals surface area contributed by atoms with Gasteiger partial charge >= 0.3 is 0 Å². The highest BCUT2D eigenvalue weighted by Gasteiger charge is 2.23. The molecule has 4 rings (SSSR count). The van der Waals surface area contributed by atoms with Crippen LogP contribution in [0.25, 0.3) is 5.69 Å². The maximum Gasteiger partial charge on any atom is 0.296 e. The molecule has 8 nitrogen and oxygen atoms in total. The number of rotatable bonds is 7. The smallest absolute Gasteiger partial charge is 0.296 e. The SMILES string of the molecule is Cc1c(NS(=O)(=O)c2cccc(C(=O)N[C@H](C)c3ccccc3)c2)c(=O)n(-c2ccccc2)n1C. The summed E-state index contributed by atoms with van der Waals surface area (Å²) in [5.74, 6) is -0.402. The zero-order valence-corrected chi connectivity index (χ0v) is 20.4. The van der Waals surface area contributed by atoms with Gasteiger partial charge in [0.05, 0.1) is 22.3 Å². The van der Waals surface area contributed by atoms with E-state index in [0.717, 1.165) is 5.56 Å². The number of carbonyl (C=O) groups is 1. The fourth-order valence-electron chi connectivity index (χ4n) is 3.79. The quantitative estimate of drug-likeness (QED) is 0.412. The van der Waals surface area contributed by atoms with E-state index >= 15 is 0 Å². The van der Waals surface area contributed by atoms with Crippen LogP contribution in [0.2, 0.25) is 0 Å². The largest absolute Gasteiger partial charge is 0.346 e. The normalized spacial score (nSPS) is 12.2. The van der Waals surface area contributed by atoms with Gasteiger partial charge in [-0.15, -0.1) is 0 Å². The van der Waals surface area contributed by atoms with Crippen LogP contribution in [-0.2, 0) is 17.1 Å². The van der Waals surface area contributed by atoms with Gasteiger partial charge in [-0.2, -0.15) is 0 Å². The molecule has 0 saturated heterocycles. The minimum Gasteiger partial charge on any atom is -0.346 e. The van der Waals surface area contributed by atoms with Crippen LogP contribution < -0.4 is 15.6 Å². The van der Waals surface area contributed by atoms with Gasteiger partial charge in [0.2, 0.25) is 0 Å². The highest BCUT2D eigenvalue weighted by molar-refractivity contribution is 7.92. The van der Waals surface area contributed by atoms with Crippen molar-refractivity contribution in [2.75, 3.05) is 4.72 Å². The molecule has 0 aliphatic carbocycles. The Kier molecular flexibility index (Phi) is 6.61. The van der Waals surface area contributed by atoms with Gasteiger partial charge in [0.15, 0.2) is 0 Å². The number of sulfonamides is 1. The van der Waals surface area contributed by atoms with E-state index < -0.39 is 21.5 Å². The van der Waals surface area contributed by atoms with Gasteiger partial charge in [-0.05, 0) is 49.7 Å². The first-order chi connectivity index (χ1) is 16.7. The number of para-hydroxylation sites is 1. The monoisotopic (exact) mass is 490 g/mol. The van der Waals surface area contributed by atoms with E-state index in [0.29, 0.717) is 11.4 Å². The van der Waals surface area contributed by atoms with E-state index in [-0.39, 0.29) is 22.2 Å². The van der Waals surface area contributed by atoms with Gasteiger partial charge in [0, 0.05) is 12.6 Å². The standard InChI is InChI=1S/C26H26N4O4S/c1-18(20-11-6-4-7-12-20)27-25(31)21-13-10-16-23(17-21)35(33,34)28-24-19(2)29(3)30(26(24)32)22-14-8-5-9-15-22/h4-18,28H,1-3H3,(H,27,31)/t18-/m1/s1. The lowest BCUT2D eigenvalue weighted by Crippen LogP contribution is -2.27. The van der Waals surface area contributed by atoms with E-state index in [1.807, 2.05) is 43.3 Å². The van der Waals surface area contributed by atoms with Crippen LogP contribution in [0.1, 0.15) is 34.6 Å². The van der Waals surface area contributed by atoms with E-state index in [1.54, 1.807) is 49.0 Å². The minimum atomic E-state index is -4.14. The number of benzene rings is 3. The molecule has 0 aliphatic heterocycles. The third-order valence-corrected chi connectivity index (χ3v) is 7.19. The lowest BCUT2D eigenvalue weighted by atomic mass is 10.1. The maximum absolute atomic E-state index is 13.2. The topological polar surface area (TPSA) is 102 Å². The fraction of sp³-hybridized carbons (Fsp3) is 0.154. The second kappa shape index (κ2) is 9.63. The van der Waals surface area contributed by atoms with Crippen LogP contribution in [-0.4, -0.2) is 23.7 Å². The summed E-state index contributed by atoms with van der Waals surface area (Å²) in [5.41, 5.74) is 1.64. The van der Waals surface area contributed by atoms with Crippen molar-refractivity contribution >= 4 is 21.6 Å². The summed E-state index contributed by atoms with van der Waals surface area (Å²) in [6.45, 7) is 3.51. The van der Waals surface area contributed by atoms with Gasteiger partial charge in [-0.1, -0.05) is 54.6 Å². The van der Waals surface area contributed by atoms with Crippen LogP contribution in [0.15, 0.2) is 94.6 Å². The lowest BCUT2D eigenvalue weighted by molar-refractivity contribution is 0.0939. The molecule has 0 unspecified atom stereocenters. The van der Waals surface area contributed by atoms with Crippen molar-refractivity contribution in [3.8, 4) is 5.69 Å². The molecule has 2 N–H and O–H groups in total. The highest BCUT2D eigenvalue weighted by atomic mass is 32.2. The highest BCUT2D eigenvalue weighted by Crippen LogP contribution is 2.20. The molecule has 1 amide bonds. The lowest BCUT2D eigenvalue weighted by Gasteiger charge is -2.15. The van der Waals surface area contributed by atoms with E-state index in [2.05, 4.69) is 10.0 Å². The van der Waals surface area contributed by atoms with Crippen molar-refractivity contribution in [1.29, 1.82) is 0 Å². The molecule has 9 heteroatoms. The molecule has 3 aromatic carbocycles. The Morgan fingerprint density at radius 3 is 2.20 bits per heavy atom. The minimum absolute atomic E-state index is 0.0519. The van der Waals surface area contributed by atoms with Crippen LogP contribution in [0, 0.1) is 6.92 Å². The number of hydrogen-bond acceptors (Lipinski definition) is 4. The summed E-state index contributed by atoms with van der Waals surface area (Å²) in [4.78, 5) is 25.8. The van der Waals surface area contributed by atoms with Gasteiger partial charge in [0.25, 0.3) is 21.5 Å². The molecule has 0 aliphatic rings. The molecule has 1 atom stereocenters. The molecule has 0 spiro atoms. The molecule has 180 valence electrons. The van der Waals surface area contributed by atoms with Crippen molar-refractivity contribution in [2.45, 2.75) is 24.8 Å². The van der Waals surface area contributed by atoms with Crippen LogP contribution >= 0.6 is 0 Å². The Labute approximate surface area is 203 Å². The first-order valence-corrected chi connectivity index (χ1v) is 12.5. The third kappa shape index (κ3) is 4.90. The van der Waals surface area contributed by atoms with Crippen LogP contribution in [0.4, 0.5) is 5.69 Å². The molecule has 0 radical (unpaired) electrons. The molecule has 0 fully saturated rings. The van der Waals surface area contributed by atoms with Crippen molar-refractivity contribution in [3.63, 3.8) is 0 Å². The average molecular weight is 491 g/mol. The first kappa shape index (κ1) is 24.0. The summed E-state index contributed by atoms with van der Waals surface area (Å²) in [5, 5.41) is 2.88. The summed E-state index contributed by atoms with van der Waals surface area (Å²) in [7, 11) is -2.46. The average Bonchev–Trinajstić information content (AvgIpc) is 3.07. The van der Waals surface area contributed by atoms with E-state index in [1.165, 1.54) is 22.9 Å². The summed E-state index contributed by atoms with van der Waals surface area (Å²) in [6, 6.07) is 23.9. The van der Waals surface area contributed by atoms with Crippen LogP contribution in [0.3, 0.4) is 0 Å². The Hall–Kier alpha value is -4.11. The van der Waals surface area contributed by atoms with E-state index in [4.69, 9.17) is 0 Å². The molecule has 0 bridgehead atoms. The second-order valence-electron chi connectivity index (χ2n) is 8.18. The van der Waals surface area contributed by atoms with Crippen LogP contribution in [0.5, 0.6) is 0 Å². The van der Waals surface area contributed by atoms with Crippen molar-refractivity contribution in [3.05, 3.63) is 112 Å². The number of anilines is 1. The number of aromatic nitrogens is 2. The van der Waals surface area contributed by atoms with Gasteiger partial charge in [0.1, 0.15) is 5.69 Å². The molecule has 1 aromatic heterocycles. The predicted molar refractivity (Wildman–Crippen MR) is 135 cm³/mol. The maximum atomic E-state index is 13.2. The fourth-order valence-corrected chi connectivity index (χ4v) is 4.95. The molecule has 0 saturated carbocycles. The number of carbonyl (C=O) groups excluding carboxylic acids is 1. The van der Waals surface area contributed by atoms with Crippen molar-refractivity contribution in [2.24, 2.45) is 7.05 Å². The second-order valence-corrected chi connectivity index (χ2v) is 9.86. The number of nitrogens with zero attached hydrogens (tertiary/aromatic N) is 2. The molecular weight excluding hydrogens is 464 g/mol. The summed E-state index contributed by atoms with van der Waals surface area (Å²) in [6.07, 6.45) is 0. The Morgan fingerprint density at radius 2 is 1.54 bits per heavy atom. The molecular formula is C26H26N4O4S. The van der Waals surface area contributed by atoms with Crippen molar-refractivity contribution in [1.82, 2.24) is 14.7 Å². The number of hydrogen-bond donors (Lipinski definition) is 2. The predicted octanol–water partition coefficient (Wildman–Crippen LogP) is 3.78. The van der Waals surface area contributed by atoms with Gasteiger partial charge in [-0.3, -0.25) is 19.0 Å². The van der Waals surface area contributed by atoms with Crippen molar-refractivity contribution < 1.29 is 13.2 Å².